The second kappa shape index (κ2) is 9.94. The Morgan fingerprint density at radius 3 is 1.68 bits per heavy atom. The molecule has 2 nitrogen and oxygen atoms in total. The summed E-state index contributed by atoms with van der Waals surface area (Å²) in [5, 5.41) is 4.94. The first-order valence-electron chi connectivity index (χ1n) is 9.96. The first-order chi connectivity index (χ1) is 15.1. The van der Waals surface area contributed by atoms with Crippen molar-refractivity contribution in [2.24, 2.45) is 0 Å². The van der Waals surface area contributed by atoms with Crippen molar-refractivity contribution in [2.75, 3.05) is 0 Å². The van der Waals surface area contributed by atoms with E-state index in [-0.39, 0.29) is 0 Å². The van der Waals surface area contributed by atoms with Crippen molar-refractivity contribution in [3.63, 3.8) is 0 Å². The molecule has 0 aromatic heterocycles. The average molecular weight is 486 g/mol. The molecule has 0 unspecified atom stereocenters. The summed E-state index contributed by atoms with van der Waals surface area (Å²) in [6.45, 7) is 0. The number of hydrogen-bond donors (Lipinski definition) is 1. The SMILES string of the molecule is O=P(N[C@@H](C#Cc1ccccc1)c1ccc(Br)cc1)(c1ccccc1)c1ccccc1. The minimum atomic E-state index is -3.14. The van der Waals surface area contributed by atoms with Gasteiger partial charge in [0, 0.05) is 20.6 Å². The zero-order valence-corrected chi connectivity index (χ0v) is 19.3. The second-order valence-electron chi connectivity index (χ2n) is 7.03. The molecule has 1 N–H and O–H groups in total. The van der Waals surface area contributed by atoms with Crippen LogP contribution in [0.4, 0.5) is 0 Å². The molecule has 0 heterocycles. The van der Waals surface area contributed by atoms with Crippen molar-refractivity contribution in [1.29, 1.82) is 0 Å². The van der Waals surface area contributed by atoms with Gasteiger partial charge in [-0.15, -0.1) is 0 Å². The zero-order chi connectivity index (χ0) is 21.5. The van der Waals surface area contributed by atoms with Gasteiger partial charge in [0.1, 0.15) is 6.04 Å². The molecule has 152 valence electrons. The number of halogens is 1. The smallest absolute Gasteiger partial charge is 0.205 e. The molecule has 0 aliphatic rings. The molecule has 0 fully saturated rings. The molecular formula is C27H21BrNOP. The first kappa shape index (κ1) is 21.3. The van der Waals surface area contributed by atoms with Gasteiger partial charge in [-0.1, -0.05) is 94.5 Å². The van der Waals surface area contributed by atoms with E-state index in [1.807, 2.05) is 115 Å². The van der Waals surface area contributed by atoms with Crippen molar-refractivity contribution >= 4 is 33.8 Å². The Bertz CT molecular complexity index is 1190. The quantitative estimate of drug-likeness (QED) is 0.275. The van der Waals surface area contributed by atoms with Crippen LogP contribution >= 0.6 is 23.2 Å². The van der Waals surface area contributed by atoms with E-state index in [2.05, 4.69) is 32.9 Å². The fourth-order valence-electron chi connectivity index (χ4n) is 3.28. The van der Waals surface area contributed by atoms with E-state index in [1.54, 1.807) is 0 Å². The van der Waals surface area contributed by atoms with Crippen molar-refractivity contribution in [3.05, 3.63) is 131 Å². The molecule has 0 radical (unpaired) electrons. The summed E-state index contributed by atoms with van der Waals surface area (Å²) in [6, 6.07) is 36.5. The van der Waals surface area contributed by atoms with Crippen LogP contribution in [-0.4, -0.2) is 0 Å². The Morgan fingerprint density at radius 2 is 1.16 bits per heavy atom. The van der Waals surface area contributed by atoms with Gasteiger partial charge in [-0.2, -0.15) is 0 Å². The van der Waals surface area contributed by atoms with E-state index in [9.17, 15) is 4.57 Å². The zero-order valence-electron chi connectivity index (χ0n) is 16.8. The van der Waals surface area contributed by atoms with E-state index in [4.69, 9.17) is 0 Å². The van der Waals surface area contributed by atoms with Gasteiger partial charge in [0.05, 0.1) is 0 Å². The van der Waals surface area contributed by atoms with Crippen LogP contribution in [0.1, 0.15) is 17.2 Å². The van der Waals surface area contributed by atoms with Crippen LogP contribution in [0.5, 0.6) is 0 Å². The third-order valence-corrected chi connectivity index (χ3v) is 8.09. The molecule has 0 aliphatic carbocycles. The van der Waals surface area contributed by atoms with Crippen LogP contribution < -0.4 is 15.7 Å². The Hall–Kier alpha value is -2.89. The lowest BCUT2D eigenvalue weighted by Gasteiger charge is -2.24. The van der Waals surface area contributed by atoms with Crippen LogP contribution in [0, 0.1) is 11.8 Å². The van der Waals surface area contributed by atoms with E-state index in [1.165, 1.54) is 0 Å². The van der Waals surface area contributed by atoms with E-state index in [0.717, 1.165) is 26.2 Å². The van der Waals surface area contributed by atoms with Crippen LogP contribution in [0.25, 0.3) is 0 Å². The molecule has 4 aromatic carbocycles. The number of rotatable bonds is 5. The molecule has 4 rings (SSSR count). The molecule has 0 amide bonds. The Morgan fingerprint density at radius 1 is 0.677 bits per heavy atom. The van der Waals surface area contributed by atoms with Gasteiger partial charge in [-0.3, -0.25) is 4.57 Å². The van der Waals surface area contributed by atoms with Crippen molar-refractivity contribution in [1.82, 2.24) is 5.09 Å². The average Bonchev–Trinajstić information content (AvgIpc) is 2.84. The van der Waals surface area contributed by atoms with Gasteiger partial charge >= 0.3 is 0 Å². The first-order valence-corrected chi connectivity index (χ1v) is 12.5. The Labute approximate surface area is 191 Å². The Balaban J connectivity index is 1.80. The number of nitrogens with one attached hydrogen (secondary N) is 1. The lowest BCUT2D eigenvalue weighted by atomic mass is 10.1. The predicted molar refractivity (Wildman–Crippen MR) is 133 cm³/mol. The lowest BCUT2D eigenvalue weighted by Crippen LogP contribution is -2.30. The standard InChI is InChI=1S/C27H21BrNOP/c28-24-19-17-23(18-20-24)27(21-16-22-10-4-1-5-11-22)29-31(30,25-12-6-2-7-13-25)26-14-8-3-9-15-26/h1-15,17-20,27H,(H,29,30)/t27-/m0/s1. The summed E-state index contributed by atoms with van der Waals surface area (Å²) < 4.78 is 15.5. The minimum Gasteiger partial charge on any atom is -0.296 e. The van der Waals surface area contributed by atoms with Gasteiger partial charge in [0.2, 0.25) is 7.29 Å². The maximum absolute atomic E-state index is 14.5. The molecule has 0 bridgehead atoms. The fraction of sp³-hybridized carbons (Fsp3) is 0.0370. The molecule has 4 heteroatoms. The topological polar surface area (TPSA) is 29.1 Å². The van der Waals surface area contributed by atoms with Crippen LogP contribution in [-0.2, 0) is 4.57 Å². The van der Waals surface area contributed by atoms with Gasteiger partial charge in [-0.25, -0.2) is 5.09 Å². The second-order valence-corrected chi connectivity index (χ2v) is 10.5. The summed E-state index contributed by atoms with van der Waals surface area (Å²) in [5.74, 6) is 6.56. The van der Waals surface area contributed by atoms with Crippen LogP contribution in [0.2, 0.25) is 0 Å². The largest absolute Gasteiger partial charge is 0.296 e. The molecule has 0 spiro atoms. The summed E-state index contributed by atoms with van der Waals surface area (Å²) in [4.78, 5) is 0. The van der Waals surface area contributed by atoms with E-state index in [0.29, 0.717) is 0 Å². The summed E-state index contributed by atoms with van der Waals surface area (Å²) >= 11 is 3.49. The number of hydrogen-bond acceptors (Lipinski definition) is 1. The molecule has 1 atom stereocenters. The van der Waals surface area contributed by atoms with Crippen LogP contribution in [0.3, 0.4) is 0 Å². The van der Waals surface area contributed by atoms with Gasteiger partial charge in [-0.05, 0) is 54.1 Å². The third kappa shape index (κ3) is 5.24. The summed E-state index contributed by atoms with van der Waals surface area (Å²) in [7, 11) is -3.14. The van der Waals surface area contributed by atoms with Gasteiger partial charge in [0.15, 0.2) is 0 Å². The van der Waals surface area contributed by atoms with E-state index < -0.39 is 13.3 Å². The highest BCUT2D eigenvalue weighted by molar-refractivity contribution is 9.10. The molecular weight excluding hydrogens is 465 g/mol. The minimum absolute atomic E-state index is 0.417. The molecule has 0 saturated heterocycles. The van der Waals surface area contributed by atoms with Crippen LogP contribution in [0.15, 0.2) is 120 Å². The van der Waals surface area contributed by atoms with E-state index >= 15 is 0 Å². The fourth-order valence-corrected chi connectivity index (χ4v) is 5.90. The third-order valence-electron chi connectivity index (χ3n) is 4.89. The summed E-state index contributed by atoms with van der Waals surface area (Å²) in [6.07, 6.45) is 0. The van der Waals surface area contributed by atoms with Crippen molar-refractivity contribution < 1.29 is 4.57 Å². The predicted octanol–water partition coefficient (Wildman–Crippen LogP) is 6.06. The van der Waals surface area contributed by atoms with Crippen molar-refractivity contribution in [2.45, 2.75) is 6.04 Å². The molecule has 0 aliphatic heterocycles. The highest BCUT2D eigenvalue weighted by Crippen LogP contribution is 2.41. The van der Waals surface area contributed by atoms with Crippen molar-refractivity contribution in [3.8, 4) is 11.8 Å². The maximum atomic E-state index is 14.5. The highest BCUT2D eigenvalue weighted by atomic mass is 79.9. The van der Waals surface area contributed by atoms with Gasteiger partial charge < -0.3 is 0 Å². The van der Waals surface area contributed by atoms with Gasteiger partial charge in [0.25, 0.3) is 0 Å². The molecule has 4 aromatic rings. The lowest BCUT2D eigenvalue weighted by molar-refractivity contribution is 0.574. The highest BCUT2D eigenvalue weighted by Gasteiger charge is 2.30. The normalized spacial score (nSPS) is 11.9. The summed E-state index contributed by atoms with van der Waals surface area (Å²) in [5.41, 5.74) is 1.87. The molecule has 0 saturated carbocycles. The number of benzene rings is 4. The monoisotopic (exact) mass is 485 g/mol. The Kier molecular flexibility index (Phi) is 6.85. The maximum Gasteiger partial charge on any atom is 0.205 e. The molecule has 31 heavy (non-hydrogen) atoms.